The molecule has 0 saturated heterocycles. The second-order valence-electron chi connectivity index (χ2n) is 4.42. The van der Waals surface area contributed by atoms with E-state index >= 15 is 0 Å². The van der Waals surface area contributed by atoms with Gasteiger partial charge >= 0.3 is 6.61 Å². The number of alkyl halides is 2. The maximum absolute atomic E-state index is 12.4. The standard InChI is InChI=1S/C14H17F2N3O3/c1-21-12-2-3-13(22-14(15)16)10(6-12)7-17-11-8-18-19(9-11)4-5-20/h2-3,6,8-9,14,17,20H,4-5,7H2,1H3. The number of methoxy groups -OCH3 is 1. The Bertz CT molecular complexity index is 605. The second kappa shape index (κ2) is 7.60. The smallest absolute Gasteiger partial charge is 0.387 e. The Hall–Kier alpha value is -2.35. The Morgan fingerprint density at radius 1 is 1.41 bits per heavy atom. The van der Waals surface area contributed by atoms with Crippen molar-refractivity contribution < 1.29 is 23.4 Å². The summed E-state index contributed by atoms with van der Waals surface area (Å²) in [5.41, 5.74) is 1.24. The molecule has 1 aromatic carbocycles. The number of halogens is 2. The first-order chi connectivity index (χ1) is 10.6. The van der Waals surface area contributed by atoms with Gasteiger partial charge in [-0.1, -0.05) is 0 Å². The van der Waals surface area contributed by atoms with Crippen LogP contribution in [0.3, 0.4) is 0 Å². The van der Waals surface area contributed by atoms with Crippen LogP contribution in [-0.4, -0.2) is 35.2 Å². The summed E-state index contributed by atoms with van der Waals surface area (Å²) >= 11 is 0. The molecule has 0 spiro atoms. The van der Waals surface area contributed by atoms with Gasteiger partial charge in [-0.25, -0.2) is 0 Å². The summed E-state index contributed by atoms with van der Waals surface area (Å²) in [5.74, 6) is 0.639. The highest BCUT2D eigenvalue weighted by atomic mass is 19.3. The minimum atomic E-state index is -2.89. The van der Waals surface area contributed by atoms with Crippen molar-refractivity contribution in [1.29, 1.82) is 0 Å². The molecule has 0 aliphatic carbocycles. The van der Waals surface area contributed by atoms with Crippen molar-refractivity contribution in [1.82, 2.24) is 9.78 Å². The average molecular weight is 313 g/mol. The lowest BCUT2D eigenvalue weighted by atomic mass is 10.2. The van der Waals surface area contributed by atoms with Crippen LogP contribution in [0.15, 0.2) is 30.6 Å². The van der Waals surface area contributed by atoms with E-state index in [1.807, 2.05) is 0 Å². The van der Waals surface area contributed by atoms with Gasteiger partial charge in [0.15, 0.2) is 0 Å². The number of nitrogens with zero attached hydrogens (tertiary/aromatic N) is 2. The lowest BCUT2D eigenvalue weighted by Crippen LogP contribution is -2.07. The van der Waals surface area contributed by atoms with E-state index in [0.717, 1.165) is 0 Å². The van der Waals surface area contributed by atoms with Crippen molar-refractivity contribution in [3.8, 4) is 11.5 Å². The molecule has 8 heteroatoms. The van der Waals surface area contributed by atoms with E-state index in [2.05, 4.69) is 15.2 Å². The SMILES string of the molecule is COc1ccc(OC(F)F)c(CNc2cnn(CCO)c2)c1. The summed E-state index contributed by atoms with van der Waals surface area (Å²) in [5, 5.41) is 15.9. The fourth-order valence-corrected chi connectivity index (χ4v) is 1.91. The highest BCUT2D eigenvalue weighted by Gasteiger charge is 2.11. The van der Waals surface area contributed by atoms with Crippen LogP contribution in [0.1, 0.15) is 5.56 Å². The van der Waals surface area contributed by atoms with E-state index in [-0.39, 0.29) is 18.9 Å². The Labute approximate surface area is 126 Å². The zero-order valence-corrected chi connectivity index (χ0v) is 12.0. The normalized spacial score (nSPS) is 10.8. The van der Waals surface area contributed by atoms with Gasteiger partial charge in [-0.2, -0.15) is 13.9 Å². The van der Waals surface area contributed by atoms with Gasteiger partial charge in [0.05, 0.1) is 32.1 Å². The van der Waals surface area contributed by atoms with Gasteiger partial charge in [0, 0.05) is 18.3 Å². The van der Waals surface area contributed by atoms with Crippen LogP contribution in [0, 0.1) is 0 Å². The van der Waals surface area contributed by atoms with Crippen LogP contribution in [-0.2, 0) is 13.1 Å². The number of ether oxygens (including phenoxy) is 2. The molecule has 1 aromatic heterocycles. The predicted octanol–water partition coefficient (Wildman–Crippen LogP) is 2.10. The highest BCUT2D eigenvalue weighted by Crippen LogP contribution is 2.26. The van der Waals surface area contributed by atoms with Crippen molar-refractivity contribution >= 4 is 5.69 Å². The van der Waals surface area contributed by atoms with E-state index in [4.69, 9.17) is 9.84 Å². The second-order valence-corrected chi connectivity index (χ2v) is 4.42. The fourth-order valence-electron chi connectivity index (χ4n) is 1.91. The van der Waals surface area contributed by atoms with E-state index < -0.39 is 6.61 Å². The van der Waals surface area contributed by atoms with Crippen LogP contribution in [0.25, 0.3) is 0 Å². The van der Waals surface area contributed by atoms with Crippen LogP contribution >= 0.6 is 0 Å². The number of aromatic nitrogens is 2. The largest absolute Gasteiger partial charge is 0.497 e. The number of rotatable bonds is 8. The summed E-state index contributed by atoms with van der Waals surface area (Å²) < 4.78 is 36.0. The molecule has 120 valence electrons. The molecular weight excluding hydrogens is 296 g/mol. The first-order valence-corrected chi connectivity index (χ1v) is 6.61. The maximum atomic E-state index is 12.4. The Morgan fingerprint density at radius 3 is 2.91 bits per heavy atom. The van der Waals surface area contributed by atoms with Crippen molar-refractivity contribution in [2.45, 2.75) is 19.7 Å². The quantitative estimate of drug-likeness (QED) is 0.781. The number of aliphatic hydroxyl groups is 1. The van der Waals surface area contributed by atoms with Crippen molar-refractivity contribution in [2.24, 2.45) is 0 Å². The predicted molar refractivity (Wildman–Crippen MR) is 76.3 cm³/mol. The summed E-state index contributed by atoms with van der Waals surface area (Å²) in [4.78, 5) is 0. The van der Waals surface area contributed by atoms with Crippen molar-refractivity contribution in [2.75, 3.05) is 19.0 Å². The lowest BCUT2D eigenvalue weighted by molar-refractivity contribution is -0.0504. The van der Waals surface area contributed by atoms with Crippen molar-refractivity contribution in [3.63, 3.8) is 0 Å². The van der Waals surface area contributed by atoms with Gasteiger partial charge < -0.3 is 19.9 Å². The zero-order chi connectivity index (χ0) is 15.9. The molecule has 0 radical (unpaired) electrons. The molecule has 1 heterocycles. The number of anilines is 1. The molecule has 0 atom stereocenters. The molecule has 22 heavy (non-hydrogen) atoms. The maximum Gasteiger partial charge on any atom is 0.387 e. The minimum Gasteiger partial charge on any atom is -0.497 e. The van der Waals surface area contributed by atoms with Gasteiger partial charge in [-0.15, -0.1) is 0 Å². The first kappa shape index (κ1) is 16.0. The van der Waals surface area contributed by atoms with Gasteiger partial charge in [-0.05, 0) is 18.2 Å². The lowest BCUT2D eigenvalue weighted by Gasteiger charge is -2.13. The number of aliphatic hydroxyl groups excluding tert-OH is 1. The number of benzene rings is 1. The first-order valence-electron chi connectivity index (χ1n) is 6.61. The molecule has 0 unspecified atom stereocenters. The van der Waals surface area contributed by atoms with E-state index in [1.165, 1.54) is 13.2 Å². The molecule has 0 bridgehead atoms. The average Bonchev–Trinajstić information content (AvgIpc) is 2.94. The van der Waals surface area contributed by atoms with E-state index in [1.54, 1.807) is 29.2 Å². The molecule has 0 amide bonds. The summed E-state index contributed by atoms with van der Waals surface area (Å²) in [6.45, 7) is -2.24. The molecule has 0 aliphatic rings. The molecule has 2 rings (SSSR count). The Balaban J connectivity index is 2.08. The van der Waals surface area contributed by atoms with Crippen LogP contribution in [0.4, 0.5) is 14.5 Å². The van der Waals surface area contributed by atoms with Crippen LogP contribution < -0.4 is 14.8 Å². The van der Waals surface area contributed by atoms with Crippen LogP contribution in [0.2, 0.25) is 0 Å². The summed E-state index contributed by atoms with van der Waals surface area (Å²) in [6.07, 6.45) is 3.30. The van der Waals surface area contributed by atoms with Crippen molar-refractivity contribution in [3.05, 3.63) is 36.2 Å². The highest BCUT2D eigenvalue weighted by molar-refractivity contribution is 5.45. The molecule has 2 aromatic rings. The zero-order valence-electron chi connectivity index (χ0n) is 12.0. The van der Waals surface area contributed by atoms with E-state index in [0.29, 0.717) is 23.5 Å². The topological polar surface area (TPSA) is 68.5 Å². The molecule has 0 fully saturated rings. The van der Waals surface area contributed by atoms with Gasteiger partial charge in [0.1, 0.15) is 11.5 Å². The van der Waals surface area contributed by atoms with Crippen LogP contribution in [0.5, 0.6) is 11.5 Å². The van der Waals surface area contributed by atoms with Gasteiger partial charge in [0.25, 0.3) is 0 Å². The Kier molecular flexibility index (Phi) is 5.54. The molecule has 0 aliphatic heterocycles. The fraction of sp³-hybridized carbons (Fsp3) is 0.357. The monoisotopic (exact) mass is 313 g/mol. The Morgan fingerprint density at radius 2 is 2.23 bits per heavy atom. The summed E-state index contributed by atoms with van der Waals surface area (Å²) in [6, 6.07) is 4.63. The molecular formula is C14H17F2N3O3. The molecule has 6 nitrogen and oxygen atoms in total. The van der Waals surface area contributed by atoms with Gasteiger partial charge in [0.2, 0.25) is 0 Å². The third-order valence-electron chi connectivity index (χ3n) is 2.93. The number of nitrogens with one attached hydrogen (secondary N) is 1. The number of hydrogen-bond acceptors (Lipinski definition) is 5. The minimum absolute atomic E-state index is 0.0105. The van der Waals surface area contributed by atoms with E-state index in [9.17, 15) is 8.78 Å². The molecule has 2 N–H and O–H groups in total. The van der Waals surface area contributed by atoms with Gasteiger partial charge in [-0.3, -0.25) is 4.68 Å². The third-order valence-corrected chi connectivity index (χ3v) is 2.93. The third kappa shape index (κ3) is 4.32. The molecule has 0 saturated carbocycles. The number of hydrogen-bond donors (Lipinski definition) is 2. The summed E-state index contributed by atoms with van der Waals surface area (Å²) in [7, 11) is 1.50.